The van der Waals surface area contributed by atoms with Gasteiger partial charge >= 0.3 is 0 Å². The number of nitrogens with one attached hydrogen (secondary N) is 1. The average molecular weight is 290 g/mol. The largest absolute Gasteiger partial charge is 0.361 e. The number of hydrogen-bond acceptors (Lipinski definition) is 1. The van der Waals surface area contributed by atoms with Gasteiger partial charge in [0.15, 0.2) is 0 Å². The van der Waals surface area contributed by atoms with E-state index in [2.05, 4.69) is 39.1 Å². The maximum absolute atomic E-state index is 5.78. The summed E-state index contributed by atoms with van der Waals surface area (Å²) in [7, 11) is 0. The number of fused-ring (bicyclic) bond motifs is 1. The van der Waals surface area contributed by atoms with Gasteiger partial charge in [0, 0.05) is 27.6 Å². The van der Waals surface area contributed by atoms with E-state index in [1.165, 1.54) is 10.9 Å². The van der Waals surface area contributed by atoms with Crippen LogP contribution in [0.15, 0.2) is 28.9 Å². The van der Waals surface area contributed by atoms with Gasteiger partial charge in [-0.2, -0.15) is 0 Å². The highest BCUT2D eigenvalue weighted by Gasteiger charge is 2.05. The maximum Gasteiger partial charge on any atom is 0.0468 e. The van der Waals surface area contributed by atoms with Crippen molar-refractivity contribution in [2.75, 3.05) is 0 Å². The number of halogens is 2. The summed E-state index contributed by atoms with van der Waals surface area (Å²) < 4.78 is 1.10. The van der Waals surface area contributed by atoms with Gasteiger partial charge in [-0.25, -0.2) is 0 Å². The molecule has 0 bridgehead atoms. The Morgan fingerprint density at radius 3 is 2.87 bits per heavy atom. The number of benzene rings is 1. The zero-order valence-corrected chi connectivity index (χ0v) is 10.9. The Morgan fingerprint density at radius 2 is 2.20 bits per heavy atom. The van der Waals surface area contributed by atoms with E-state index in [0.29, 0.717) is 0 Å². The second kappa shape index (κ2) is 5.01. The Hall–Kier alpha value is -0.510. The molecule has 2 aromatic rings. The zero-order chi connectivity index (χ0) is 10.1. The topological polar surface area (TPSA) is 41.8 Å². The molecule has 0 aliphatic rings. The van der Waals surface area contributed by atoms with Crippen molar-refractivity contribution in [2.45, 2.75) is 19.4 Å². The van der Waals surface area contributed by atoms with Crippen LogP contribution in [0.5, 0.6) is 0 Å². The minimum atomic E-state index is 0. The molecule has 0 radical (unpaired) electrons. The molecule has 1 atom stereocenters. The molecular formula is C11H14BrClN2. The Labute approximate surface area is 104 Å². The summed E-state index contributed by atoms with van der Waals surface area (Å²) in [5.74, 6) is 0. The van der Waals surface area contributed by atoms with Gasteiger partial charge in [0.2, 0.25) is 0 Å². The van der Waals surface area contributed by atoms with Gasteiger partial charge in [-0.1, -0.05) is 22.0 Å². The third-order valence-corrected chi connectivity index (χ3v) is 2.76. The fourth-order valence-electron chi connectivity index (χ4n) is 1.67. The smallest absolute Gasteiger partial charge is 0.0468 e. The standard InChI is InChI=1S/C11H13BrN2.ClH/c1-7(13)4-8-6-14-11-5-9(12)2-3-10(8)11;/h2-3,5-7,14H,4,13H2,1H3;1H. The molecule has 1 unspecified atom stereocenters. The van der Waals surface area contributed by atoms with Gasteiger partial charge < -0.3 is 10.7 Å². The number of hydrogen-bond donors (Lipinski definition) is 2. The summed E-state index contributed by atoms with van der Waals surface area (Å²) in [6, 6.07) is 6.46. The van der Waals surface area contributed by atoms with Crippen molar-refractivity contribution in [3.63, 3.8) is 0 Å². The van der Waals surface area contributed by atoms with Gasteiger partial charge in [-0.3, -0.25) is 0 Å². The molecule has 0 saturated carbocycles. The van der Waals surface area contributed by atoms with Crippen LogP contribution in [0.3, 0.4) is 0 Å². The molecule has 0 fully saturated rings. The predicted molar refractivity (Wildman–Crippen MR) is 70.6 cm³/mol. The molecular weight excluding hydrogens is 275 g/mol. The third-order valence-electron chi connectivity index (χ3n) is 2.27. The molecule has 1 aromatic carbocycles. The normalized spacial score (nSPS) is 12.5. The van der Waals surface area contributed by atoms with E-state index < -0.39 is 0 Å². The number of aromatic amines is 1. The molecule has 1 aromatic heterocycles. The maximum atomic E-state index is 5.78. The Morgan fingerprint density at radius 1 is 1.47 bits per heavy atom. The van der Waals surface area contributed by atoms with E-state index in [9.17, 15) is 0 Å². The van der Waals surface area contributed by atoms with Crippen LogP contribution in [0, 0.1) is 0 Å². The Bertz CT molecular complexity index is 451. The van der Waals surface area contributed by atoms with Gasteiger partial charge in [0.1, 0.15) is 0 Å². The molecule has 1 heterocycles. The lowest BCUT2D eigenvalue weighted by atomic mass is 10.1. The van der Waals surface area contributed by atoms with Crippen molar-refractivity contribution < 1.29 is 0 Å². The molecule has 0 aliphatic carbocycles. The van der Waals surface area contributed by atoms with Crippen LogP contribution in [0.1, 0.15) is 12.5 Å². The lowest BCUT2D eigenvalue weighted by Gasteiger charge is -2.02. The molecule has 2 nitrogen and oxygen atoms in total. The van der Waals surface area contributed by atoms with E-state index in [4.69, 9.17) is 5.73 Å². The lowest BCUT2D eigenvalue weighted by molar-refractivity contribution is 0.741. The fraction of sp³-hybridized carbons (Fsp3) is 0.273. The highest BCUT2D eigenvalue weighted by Crippen LogP contribution is 2.22. The van der Waals surface area contributed by atoms with Crippen molar-refractivity contribution in [3.8, 4) is 0 Å². The second-order valence-electron chi connectivity index (χ2n) is 3.69. The highest BCUT2D eigenvalue weighted by molar-refractivity contribution is 9.10. The molecule has 0 aliphatic heterocycles. The van der Waals surface area contributed by atoms with Crippen LogP contribution >= 0.6 is 28.3 Å². The van der Waals surface area contributed by atoms with Crippen molar-refractivity contribution in [1.29, 1.82) is 0 Å². The van der Waals surface area contributed by atoms with Crippen LogP contribution in [-0.2, 0) is 6.42 Å². The minimum absolute atomic E-state index is 0. The molecule has 15 heavy (non-hydrogen) atoms. The highest BCUT2D eigenvalue weighted by atomic mass is 79.9. The molecule has 2 rings (SSSR count). The SMILES string of the molecule is CC(N)Cc1c[nH]c2cc(Br)ccc12.Cl. The van der Waals surface area contributed by atoms with E-state index >= 15 is 0 Å². The van der Waals surface area contributed by atoms with Gasteiger partial charge in [0.05, 0.1) is 0 Å². The molecule has 82 valence electrons. The number of rotatable bonds is 2. The summed E-state index contributed by atoms with van der Waals surface area (Å²) in [6.45, 7) is 2.03. The summed E-state index contributed by atoms with van der Waals surface area (Å²) in [6.07, 6.45) is 2.96. The van der Waals surface area contributed by atoms with Gasteiger partial charge in [0.25, 0.3) is 0 Å². The first-order valence-corrected chi connectivity index (χ1v) is 5.47. The first-order chi connectivity index (χ1) is 6.66. The van der Waals surface area contributed by atoms with Gasteiger partial charge in [-0.05, 0) is 31.0 Å². The van der Waals surface area contributed by atoms with E-state index in [1.807, 2.05) is 13.1 Å². The quantitative estimate of drug-likeness (QED) is 0.875. The van der Waals surface area contributed by atoms with Crippen molar-refractivity contribution in [3.05, 3.63) is 34.4 Å². The van der Waals surface area contributed by atoms with Gasteiger partial charge in [-0.15, -0.1) is 12.4 Å². The van der Waals surface area contributed by atoms with Crippen molar-refractivity contribution >= 4 is 39.2 Å². The molecule has 3 N–H and O–H groups in total. The van der Waals surface area contributed by atoms with E-state index in [0.717, 1.165) is 16.4 Å². The fourth-order valence-corrected chi connectivity index (χ4v) is 2.04. The first-order valence-electron chi connectivity index (χ1n) is 4.68. The summed E-state index contributed by atoms with van der Waals surface area (Å²) in [4.78, 5) is 3.25. The van der Waals surface area contributed by atoms with Crippen molar-refractivity contribution in [2.24, 2.45) is 5.73 Å². The van der Waals surface area contributed by atoms with Crippen LogP contribution in [0.2, 0.25) is 0 Å². The molecule has 0 spiro atoms. The summed E-state index contributed by atoms with van der Waals surface area (Å²) in [5, 5.41) is 1.27. The monoisotopic (exact) mass is 288 g/mol. The van der Waals surface area contributed by atoms with Crippen LogP contribution < -0.4 is 5.73 Å². The minimum Gasteiger partial charge on any atom is -0.361 e. The zero-order valence-electron chi connectivity index (χ0n) is 8.46. The van der Waals surface area contributed by atoms with E-state index in [-0.39, 0.29) is 18.4 Å². The number of aromatic nitrogens is 1. The first kappa shape index (κ1) is 12.6. The average Bonchev–Trinajstić information content (AvgIpc) is 2.47. The molecule has 0 saturated heterocycles. The Balaban J connectivity index is 0.00000112. The number of nitrogens with two attached hydrogens (primary N) is 1. The van der Waals surface area contributed by atoms with Crippen LogP contribution in [0.4, 0.5) is 0 Å². The second-order valence-corrected chi connectivity index (χ2v) is 4.60. The number of H-pyrrole nitrogens is 1. The Kier molecular flexibility index (Phi) is 4.20. The molecule has 0 amide bonds. The third kappa shape index (κ3) is 2.74. The van der Waals surface area contributed by atoms with Crippen LogP contribution in [-0.4, -0.2) is 11.0 Å². The summed E-state index contributed by atoms with van der Waals surface area (Å²) >= 11 is 3.45. The van der Waals surface area contributed by atoms with E-state index in [1.54, 1.807) is 0 Å². The summed E-state index contributed by atoms with van der Waals surface area (Å²) in [5.41, 5.74) is 8.24. The lowest BCUT2D eigenvalue weighted by Crippen LogP contribution is -2.17. The van der Waals surface area contributed by atoms with Crippen LogP contribution in [0.25, 0.3) is 10.9 Å². The predicted octanol–water partition coefficient (Wildman–Crippen LogP) is 3.24. The molecule has 4 heteroatoms. The van der Waals surface area contributed by atoms with Crippen molar-refractivity contribution in [1.82, 2.24) is 4.98 Å².